The number of carbonyl (C=O) groups excluding carboxylic acids is 1. The third kappa shape index (κ3) is 16.3. The van der Waals surface area contributed by atoms with Gasteiger partial charge in [0, 0.05) is 11.1 Å². The molecule has 2 aromatic carbocycles. The van der Waals surface area contributed by atoms with Crippen molar-refractivity contribution in [3.8, 4) is 0 Å². The summed E-state index contributed by atoms with van der Waals surface area (Å²) in [5.74, 6) is -1.19. The fourth-order valence-corrected chi connectivity index (χ4v) is 2.38. The summed E-state index contributed by atoms with van der Waals surface area (Å²) in [6.45, 7) is 13.5. The maximum atomic E-state index is 9.49. The number of carboxylic acid groups (broad SMARTS) is 1. The minimum atomic E-state index is -1.19. The van der Waals surface area contributed by atoms with Crippen molar-refractivity contribution in [1.29, 1.82) is 0 Å². The molecular weight excluding hydrogens is 408 g/mol. The molecule has 2 aromatic rings. The van der Waals surface area contributed by atoms with Crippen LogP contribution >= 0.6 is 0 Å². The van der Waals surface area contributed by atoms with E-state index in [1.54, 1.807) is 0 Å². The number of nitrogens with zero attached hydrogens (tertiary/aromatic N) is 2. The van der Waals surface area contributed by atoms with Gasteiger partial charge >= 0.3 is 0 Å². The molecule has 0 heterocycles. The zero-order chi connectivity index (χ0) is 23.2. The van der Waals surface area contributed by atoms with Gasteiger partial charge in [-0.25, -0.2) is 0 Å². The second-order valence-corrected chi connectivity index (χ2v) is 8.86. The van der Waals surface area contributed by atoms with Crippen LogP contribution in [0.3, 0.4) is 0 Å². The topological polar surface area (TPSA) is 40.1 Å². The van der Waals surface area contributed by atoms with Gasteiger partial charge in [-0.2, -0.15) is 0 Å². The number of hydrogen-bond acceptors (Lipinski definition) is 2. The number of carboxylic acids is 1. The summed E-state index contributed by atoms with van der Waals surface area (Å²) in [6.07, 6.45) is 0. The molecule has 0 aromatic heterocycles. The molecule has 5 heteroatoms. The normalized spacial score (nSPS) is 10.4. The van der Waals surface area contributed by atoms with E-state index < -0.39 is 5.97 Å². The van der Waals surface area contributed by atoms with Crippen LogP contribution in [0.5, 0.6) is 0 Å². The fraction of sp³-hybridized carbons (Fsp3) is 0.423. The monoisotopic (exact) mass is 448 g/mol. The van der Waals surface area contributed by atoms with E-state index in [0.717, 1.165) is 22.1 Å². The summed E-state index contributed by atoms with van der Waals surface area (Å²) in [6, 6.07) is 21.3. The Hall–Kier alpha value is -2.14. The summed E-state index contributed by atoms with van der Waals surface area (Å²) in [4.78, 5) is 9.49. The standard InChI is InChI=1S/2C11H18N.C4H6O2.ClH/c2*1-4-12(2,3)10-11-8-6-5-7-9-11;1-3(2)4(5)6;/h2*5-9H,4,10H2,1-3H3;1H2,2H3,(H,5,6);1H/q2*+1;;/p-2. The van der Waals surface area contributed by atoms with E-state index in [9.17, 15) is 9.90 Å². The molecule has 0 spiro atoms. The maximum Gasteiger partial charge on any atom is 0.104 e. The first-order valence-electron chi connectivity index (χ1n) is 10.5. The number of carbonyl (C=O) groups is 1. The van der Waals surface area contributed by atoms with Gasteiger partial charge in [-0.15, -0.1) is 0 Å². The van der Waals surface area contributed by atoms with Crippen molar-refractivity contribution in [2.45, 2.75) is 33.9 Å². The summed E-state index contributed by atoms with van der Waals surface area (Å²) >= 11 is 0. The Labute approximate surface area is 196 Å². The van der Waals surface area contributed by atoms with Gasteiger partial charge in [0.25, 0.3) is 0 Å². The highest BCUT2D eigenvalue weighted by atomic mass is 35.5. The highest BCUT2D eigenvalue weighted by Gasteiger charge is 2.12. The van der Waals surface area contributed by atoms with Gasteiger partial charge in [0.15, 0.2) is 0 Å². The smallest absolute Gasteiger partial charge is 0.104 e. The van der Waals surface area contributed by atoms with Crippen LogP contribution in [0.15, 0.2) is 72.8 Å². The minimum Gasteiger partial charge on any atom is -1.00 e. The molecule has 0 saturated heterocycles. The van der Waals surface area contributed by atoms with Crippen molar-refractivity contribution in [1.82, 2.24) is 0 Å². The van der Waals surface area contributed by atoms with Gasteiger partial charge in [-0.1, -0.05) is 67.2 Å². The summed E-state index contributed by atoms with van der Waals surface area (Å²) < 4.78 is 2.12. The van der Waals surface area contributed by atoms with E-state index in [1.165, 1.54) is 31.1 Å². The van der Waals surface area contributed by atoms with Crippen LogP contribution in [-0.2, 0) is 17.9 Å². The van der Waals surface area contributed by atoms with Gasteiger partial charge < -0.3 is 31.3 Å². The lowest BCUT2D eigenvalue weighted by Crippen LogP contribution is -3.00. The Balaban J connectivity index is 0. The van der Waals surface area contributed by atoms with E-state index in [0.29, 0.717) is 0 Å². The molecule has 2 rings (SSSR count). The van der Waals surface area contributed by atoms with Gasteiger partial charge in [0.2, 0.25) is 0 Å². The van der Waals surface area contributed by atoms with Gasteiger partial charge in [0.05, 0.1) is 47.2 Å². The van der Waals surface area contributed by atoms with Crippen molar-refractivity contribution >= 4 is 5.97 Å². The number of quaternary nitrogens is 2. The van der Waals surface area contributed by atoms with Crippen molar-refractivity contribution in [2.24, 2.45) is 0 Å². The van der Waals surface area contributed by atoms with Crippen LogP contribution < -0.4 is 17.5 Å². The Morgan fingerprint density at radius 2 is 1.03 bits per heavy atom. The highest BCUT2D eigenvalue weighted by molar-refractivity contribution is 5.82. The molecule has 0 amide bonds. The fourth-order valence-electron chi connectivity index (χ4n) is 2.38. The molecule has 0 saturated carbocycles. The summed E-state index contributed by atoms with van der Waals surface area (Å²) in [7, 11) is 9.03. The number of rotatable bonds is 7. The molecular formula is C26H41ClN2O2. The summed E-state index contributed by atoms with van der Waals surface area (Å²) in [5, 5.41) is 9.49. The zero-order valence-corrected chi connectivity index (χ0v) is 21.2. The molecule has 174 valence electrons. The van der Waals surface area contributed by atoms with Crippen molar-refractivity contribution in [2.75, 3.05) is 41.3 Å². The molecule has 4 nitrogen and oxygen atoms in total. The predicted octanol–water partition coefficient (Wildman–Crippen LogP) is 0.882. The van der Waals surface area contributed by atoms with Crippen LogP contribution in [-0.4, -0.2) is 56.2 Å². The Morgan fingerprint density at radius 3 is 1.23 bits per heavy atom. The van der Waals surface area contributed by atoms with Crippen LogP contribution in [0.4, 0.5) is 0 Å². The predicted molar refractivity (Wildman–Crippen MR) is 125 cm³/mol. The zero-order valence-electron chi connectivity index (χ0n) is 20.4. The number of benzene rings is 2. The molecule has 0 aliphatic carbocycles. The van der Waals surface area contributed by atoms with Crippen LogP contribution in [0.25, 0.3) is 0 Å². The lowest BCUT2D eigenvalue weighted by Gasteiger charge is -2.28. The first-order chi connectivity index (χ1) is 13.9. The van der Waals surface area contributed by atoms with E-state index >= 15 is 0 Å². The highest BCUT2D eigenvalue weighted by Crippen LogP contribution is 2.08. The quantitative estimate of drug-likeness (QED) is 0.466. The molecule has 0 fully saturated rings. The number of hydrogen-bond donors (Lipinski definition) is 0. The third-order valence-corrected chi connectivity index (χ3v) is 4.97. The van der Waals surface area contributed by atoms with Crippen molar-refractivity contribution in [3.63, 3.8) is 0 Å². The van der Waals surface area contributed by atoms with Crippen LogP contribution in [0, 0.1) is 0 Å². The summed E-state index contributed by atoms with van der Waals surface area (Å²) in [5.41, 5.74) is 2.91. The molecule has 0 radical (unpaired) electrons. The second kappa shape index (κ2) is 15.6. The van der Waals surface area contributed by atoms with Crippen molar-refractivity contribution in [3.05, 3.63) is 83.9 Å². The molecule has 0 atom stereocenters. The van der Waals surface area contributed by atoms with E-state index in [-0.39, 0.29) is 18.0 Å². The van der Waals surface area contributed by atoms with Gasteiger partial charge in [-0.3, -0.25) is 0 Å². The maximum absolute atomic E-state index is 9.49. The average Bonchev–Trinajstić information content (AvgIpc) is 2.70. The molecule has 0 N–H and O–H groups in total. The Morgan fingerprint density at radius 1 is 0.774 bits per heavy atom. The molecule has 31 heavy (non-hydrogen) atoms. The van der Waals surface area contributed by atoms with Crippen LogP contribution in [0.1, 0.15) is 31.9 Å². The van der Waals surface area contributed by atoms with Gasteiger partial charge in [0.1, 0.15) is 13.1 Å². The molecule has 0 unspecified atom stereocenters. The third-order valence-electron chi connectivity index (χ3n) is 4.97. The lowest BCUT2D eigenvalue weighted by atomic mass is 10.2. The van der Waals surface area contributed by atoms with E-state index in [4.69, 9.17) is 0 Å². The van der Waals surface area contributed by atoms with E-state index in [2.05, 4.69) is 109 Å². The van der Waals surface area contributed by atoms with Gasteiger partial charge in [-0.05, 0) is 26.3 Å². The molecule has 0 aliphatic heterocycles. The van der Waals surface area contributed by atoms with Crippen LogP contribution in [0.2, 0.25) is 0 Å². The minimum absolute atomic E-state index is 0. The van der Waals surface area contributed by atoms with Crippen molar-refractivity contribution < 1.29 is 31.3 Å². The van der Waals surface area contributed by atoms with E-state index in [1.807, 2.05) is 0 Å². The molecule has 0 aliphatic rings. The molecule has 0 bridgehead atoms. The average molecular weight is 449 g/mol. The largest absolute Gasteiger partial charge is 1.00 e. The Kier molecular flexibility index (Phi) is 15.7. The number of aliphatic carboxylic acids is 1. The Bertz CT molecular complexity index is 679. The SMILES string of the molecule is C=C(C)C(=O)[O-].CC[N+](C)(C)Cc1ccccc1.CC[N+](C)(C)Cc1ccccc1.[Cl-]. The first kappa shape index (κ1) is 31.0. The lowest BCUT2D eigenvalue weighted by molar-refractivity contribution is -0.901. The number of halogens is 1. The first-order valence-corrected chi connectivity index (χ1v) is 10.5. The second-order valence-electron chi connectivity index (χ2n) is 8.86.